The molecule has 2 aromatic rings. The number of hydrogen-bond donors (Lipinski definition) is 1. The number of nitrogens with zero attached hydrogens (tertiary/aromatic N) is 3. The molecule has 90 valence electrons. The van der Waals surface area contributed by atoms with Gasteiger partial charge in [-0.2, -0.15) is 0 Å². The summed E-state index contributed by atoms with van der Waals surface area (Å²) >= 11 is 0. The number of pyridine rings is 1. The largest absolute Gasteiger partial charge is 0.305 e. The lowest BCUT2D eigenvalue weighted by Crippen LogP contribution is -2.15. The van der Waals surface area contributed by atoms with Gasteiger partial charge >= 0.3 is 0 Å². The fourth-order valence-electron chi connectivity index (χ4n) is 1.72. The van der Waals surface area contributed by atoms with E-state index in [9.17, 15) is 4.79 Å². The van der Waals surface area contributed by atoms with Crippen LogP contribution in [0.4, 0.5) is 5.82 Å². The van der Waals surface area contributed by atoms with Crippen LogP contribution >= 0.6 is 0 Å². The van der Waals surface area contributed by atoms with Crippen LogP contribution in [0, 0.1) is 0 Å². The molecule has 0 aromatic carbocycles. The van der Waals surface area contributed by atoms with Gasteiger partial charge in [-0.1, -0.05) is 6.07 Å². The van der Waals surface area contributed by atoms with E-state index in [2.05, 4.69) is 20.3 Å². The minimum Gasteiger partial charge on any atom is -0.305 e. The Bertz CT molecular complexity index is 566. The Kier molecular flexibility index (Phi) is 2.72. The first-order chi connectivity index (χ1) is 8.83. The Morgan fingerprint density at radius 1 is 1.22 bits per heavy atom. The second-order valence-electron chi connectivity index (χ2n) is 4.27. The van der Waals surface area contributed by atoms with E-state index in [1.807, 2.05) is 6.07 Å². The Balaban J connectivity index is 1.77. The first kappa shape index (κ1) is 10.8. The zero-order valence-electron chi connectivity index (χ0n) is 9.71. The summed E-state index contributed by atoms with van der Waals surface area (Å²) in [4.78, 5) is 24.2. The molecule has 1 aliphatic rings. The maximum absolute atomic E-state index is 12.0. The standard InChI is InChI=1S/C13H12N4O/c18-13(17-12-3-1-2-6-14-12)11-7-10(9-4-5-9)15-8-16-11/h1-3,6-9H,4-5H2,(H,14,17,18). The molecule has 5 heteroatoms. The molecule has 0 spiro atoms. The summed E-state index contributed by atoms with van der Waals surface area (Å²) in [7, 11) is 0. The van der Waals surface area contributed by atoms with Crippen molar-refractivity contribution in [3.63, 3.8) is 0 Å². The van der Waals surface area contributed by atoms with Crippen molar-refractivity contribution >= 4 is 11.7 Å². The van der Waals surface area contributed by atoms with Crippen molar-refractivity contribution in [1.82, 2.24) is 15.0 Å². The first-order valence-corrected chi connectivity index (χ1v) is 5.87. The van der Waals surface area contributed by atoms with Crippen LogP contribution in [0.1, 0.15) is 34.9 Å². The number of amides is 1. The lowest BCUT2D eigenvalue weighted by atomic mass is 10.2. The highest BCUT2D eigenvalue weighted by molar-refractivity contribution is 6.02. The summed E-state index contributed by atoms with van der Waals surface area (Å²) in [6, 6.07) is 7.11. The van der Waals surface area contributed by atoms with Gasteiger partial charge in [-0.05, 0) is 31.0 Å². The van der Waals surface area contributed by atoms with E-state index in [4.69, 9.17) is 0 Å². The number of hydrogen-bond acceptors (Lipinski definition) is 4. The number of carbonyl (C=O) groups is 1. The molecule has 0 saturated heterocycles. The van der Waals surface area contributed by atoms with Gasteiger partial charge < -0.3 is 5.32 Å². The summed E-state index contributed by atoms with van der Waals surface area (Å²) in [6.45, 7) is 0. The number of nitrogens with one attached hydrogen (secondary N) is 1. The van der Waals surface area contributed by atoms with E-state index >= 15 is 0 Å². The molecule has 0 unspecified atom stereocenters. The van der Waals surface area contributed by atoms with Gasteiger partial charge in [0.25, 0.3) is 5.91 Å². The molecular weight excluding hydrogens is 228 g/mol. The monoisotopic (exact) mass is 240 g/mol. The summed E-state index contributed by atoms with van der Waals surface area (Å²) in [5.74, 6) is 0.779. The van der Waals surface area contributed by atoms with Crippen molar-refractivity contribution in [2.24, 2.45) is 0 Å². The van der Waals surface area contributed by atoms with Crippen molar-refractivity contribution in [3.05, 3.63) is 48.2 Å². The van der Waals surface area contributed by atoms with E-state index in [0.717, 1.165) is 18.5 Å². The summed E-state index contributed by atoms with van der Waals surface area (Å²) in [6.07, 6.45) is 5.38. The van der Waals surface area contributed by atoms with Crippen molar-refractivity contribution in [3.8, 4) is 0 Å². The van der Waals surface area contributed by atoms with Crippen LogP contribution in [0.3, 0.4) is 0 Å². The molecule has 0 bridgehead atoms. The van der Waals surface area contributed by atoms with E-state index in [-0.39, 0.29) is 5.91 Å². The molecule has 5 nitrogen and oxygen atoms in total. The Morgan fingerprint density at radius 3 is 2.83 bits per heavy atom. The Hall–Kier alpha value is -2.30. The Morgan fingerprint density at radius 2 is 2.11 bits per heavy atom. The average molecular weight is 240 g/mol. The highest BCUT2D eigenvalue weighted by atomic mass is 16.1. The summed E-state index contributed by atoms with van der Waals surface area (Å²) in [5, 5.41) is 2.70. The van der Waals surface area contributed by atoms with Gasteiger partial charge in [0.15, 0.2) is 0 Å². The minimum absolute atomic E-state index is 0.252. The molecule has 2 aromatic heterocycles. The average Bonchev–Trinajstić information content (AvgIpc) is 3.24. The van der Waals surface area contributed by atoms with Crippen molar-refractivity contribution in [2.75, 3.05) is 5.32 Å². The van der Waals surface area contributed by atoms with E-state index in [1.165, 1.54) is 6.33 Å². The number of aromatic nitrogens is 3. The van der Waals surface area contributed by atoms with Crippen LogP contribution in [0.5, 0.6) is 0 Å². The van der Waals surface area contributed by atoms with Crippen LogP contribution < -0.4 is 5.32 Å². The van der Waals surface area contributed by atoms with Crippen molar-refractivity contribution in [1.29, 1.82) is 0 Å². The topological polar surface area (TPSA) is 67.8 Å². The fraction of sp³-hybridized carbons (Fsp3) is 0.231. The molecule has 0 radical (unpaired) electrons. The second-order valence-corrected chi connectivity index (χ2v) is 4.27. The third kappa shape index (κ3) is 2.34. The van der Waals surface area contributed by atoms with Gasteiger partial charge in [-0.15, -0.1) is 0 Å². The van der Waals surface area contributed by atoms with Crippen LogP contribution in [-0.4, -0.2) is 20.9 Å². The van der Waals surface area contributed by atoms with Crippen molar-refractivity contribution < 1.29 is 4.79 Å². The fourth-order valence-corrected chi connectivity index (χ4v) is 1.72. The zero-order chi connectivity index (χ0) is 12.4. The molecule has 0 aliphatic heterocycles. The highest BCUT2D eigenvalue weighted by Gasteiger charge is 2.25. The van der Waals surface area contributed by atoms with Crippen LogP contribution in [-0.2, 0) is 0 Å². The summed E-state index contributed by atoms with van der Waals surface area (Å²) < 4.78 is 0. The van der Waals surface area contributed by atoms with Crippen LogP contribution in [0.15, 0.2) is 36.8 Å². The van der Waals surface area contributed by atoms with E-state index in [0.29, 0.717) is 17.4 Å². The van der Waals surface area contributed by atoms with Crippen molar-refractivity contribution in [2.45, 2.75) is 18.8 Å². The highest BCUT2D eigenvalue weighted by Crippen LogP contribution is 2.38. The molecule has 18 heavy (non-hydrogen) atoms. The quantitative estimate of drug-likeness (QED) is 0.891. The van der Waals surface area contributed by atoms with Gasteiger partial charge in [-0.25, -0.2) is 15.0 Å². The molecule has 1 N–H and O–H groups in total. The van der Waals surface area contributed by atoms with Gasteiger partial charge in [-0.3, -0.25) is 4.79 Å². The SMILES string of the molecule is O=C(Nc1ccccn1)c1cc(C2CC2)ncn1. The number of anilines is 1. The molecular formula is C13H12N4O. The molecule has 0 atom stereocenters. The molecule has 1 aliphatic carbocycles. The van der Waals surface area contributed by atoms with Crippen LogP contribution in [0.2, 0.25) is 0 Å². The minimum atomic E-state index is -0.252. The predicted molar refractivity (Wildman–Crippen MR) is 66.2 cm³/mol. The first-order valence-electron chi connectivity index (χ1n) is 5.87. The number of carbonyl (C=O) groups excluding carboxylic acids is 1. The van der Waals surface area contributed by atoms with Crippen LogP contribution in [0.25, 0.3) is 0 Å². The Labute approximate surface area is 104 Å². The van der Waals surface area contributed by atoms with Gasteiger partial charge in [0.1, 0.15) is 17.8 Å². The molecule has 2 heterocycles. The summed E-state index contributed by atoms with van der Waals surface area (Å²) in [5.41, 5.74) is 1.34. The third-order valence-electron chi connectivity index (χ3n) is 2.82. The molecule has 1 fully saturated rings. The number of rotatable bonds is 3. The molecule has 1 saturated carbocycles. The zero-order valence-corrected chi connectivity index (χ0v) is 9.71. The lowest BCUT2D eigenvalue weighted by molar-refractivity contribution is 0.102. The van der Waals surface area contributed by atoms with E-state index in [1.54, 1.807) is 24.4 Å². The van der Waals surface area contributed by atoms with Gasteiger partial charge in [0.2, 0.25) is 0 Å². The maximum atomic E-state index is 12.0. The lowest BCUT2D eigenvalue weighted by Gasteiger charge is -2.04. The van der Waals surface area contributed by atoms with Gasteiger partial charge in [0.05, 0.1) is 0 Å². The smallest absolute Gasteiger partial charge is 0.275 e. The predicted octanol–water partition coefficient (Wildman–Crippen LogP) is 2.00. The maximum Gasteiger partial charge on any atom is 0.275 e. The van der Waals surface area contributed by atoms with Gasteiger partial charge in [0, 0.05) is 17.8 Å². The normalized spacial score (nSPS) is 14.2. The molecule has 1 amide bonds. The molecule has 3 rings (SSSR count). The third-order valence-corrected chi connectivity index (χ3v) is 2.82. The second kappa shape index (κ2) is 4.52. The van der Waals surface area contributed by atoms with E-state index < -0.39 is 0 Å².